The van der Waals surface area contributed by atoms with Gasteiger partial charge in [-0.25, -0.2) is 0 Å². The van der Waals surface area contributed by atoms with E-state index in [1.54, 1.807) is 6.92 Å². The number of carboxylic acids is 1. The lowest BCUT2D eigenvalue weighted by Crippen LogP contribution is -2.51. The molecule has 20 heavy (non-hydrogen) atoms. The lowest BCUT2D eigenvalue weighted by molar-refractivity contribution is -0.149. The van der Waals surface area contributed by atoms with Crippen molar-refractivity contribution in [1.29, 1.82) is 0 Å². The topological polar surface area (TPSA) is 102 Å². The average molecular weight is 284 g/mol. The Morgan fingerprint density at radius 2 is 2.00 bits per heavy atom. The zero-order valence-electron chi connectivity index (χ0n) is 11.9. The smallest absolute Gasteiger partial charge is 0.313 e. The fourth-order valence-electron chi connectivity index (χ4n) is 3.03. The van der Waals surface area contributed by atoms with Gasteiger partial charge in [0.25, 0.3) is 0 Å². The number of carbonyl (C=O) groups excluding carboxylic acids is 1. The van der Waals surface area contributed by atoms with E-state index in [2.05, 4.69) is 5.32 Å². The second-order valence-corrected chi connectivity index (χ2v) is 6.25. The van der Waals surface area contributed by atoms with Gasteiger partial charge in [-0.2, -0.15) is 0 Å². The summed E-state index contributed by atoms with van der Waals surface area (Å²) >= 11 is 0. The predicted molar refractivity (Wildman–Crippen MR) is 73.0 cm³/mol. The van der Waals surface area contributed by atoms with E-state index < -0.39 is 17.4 Å². The zero-order chi connectivity index (χ0) is 14.8. The number of amides is 1. The van der Waals surface area contributed by atoms with Crippen LogP contribution in [0, 0.1) is 17.3 Å². The first-order valence-electron chi connectivity index (χ1n) is 7.29. The molecule has 0 radical (unpaired) electrons. The number of hydrogen-bond acceptors (Lipinski definition) is 4. The Hall–Kier alpha value is -1.14. The molecule has 2 fully saturated rings. The first kappa shape index (κ1) is 15.3. The summed E-state index contributed by atoms with van der Waals surface area (Å²) in [6.45, 7) is 2.72. The second-order valence-electron chi connectivity index (χ2n) is 6.25. The van der Waals surface area contributed by atoms with Gasteiger partial charge in [-0.3, -0.25) is 9.59 Å². The minimum absolute atomic E-state index is 0.0172. The third kappa shape index (κ3) is 2.96. The van der Waals surface area contributed by atoms with E-state index >= 15 is 0 Å². The highest BCUT2D eigenvalue weighted by Gasteiger charge is 2.47. The van der Waals surface area contributed by atoms with Gasteiger partial charge in [-0.1, -0.05) is 0 Å². The Morgan fingerprint density at radius 1 is 1.35 bits per heavy atom. The van der Waals surface area contributed by atoms with Crippen LogP contribution in [0.3, 0.4) is 0 Å². The Morgan fingerprint density at radius 3 is 2.55 bits per heavy atom. The second kappa shape index (κ2) is 6.10. The third-order valence-corrected chi connectivity index (χ3v) is 4.81. The van der Waals surface area contributed by atoms with Gasteiger partial charge >= 0.3 is 5.97 Å². The number of hydrogen-bond donors (Lipinski definition) is 3. The van der Waals surface area contributed by atoms with Crippen molar-refractivity contribution in [2.45, 2.75) is 38.6 Å². The van der Waals surface area contributed by atoms with Crippen molar-refractivity contribution in [3.05, 3.63) is 0 Å². The van der Waals surface area contributed by atoms with E-state index in [9.17, 15) is 14.7 Å². The molecule has 1 aliphatic heterocycles. The number of carbonyl (C=O) groups is 2. The van der Waals surface area contributed by atoms with Gasteiger partial charge in [-0.05, 0) is 45.1 Å². The van der Waals surface area contributed by atoms with Crippen molar-refractivity contribution in [3.8, 4) is 0 Å². The molecule has 0 spiro atoms. The average Bonchev–Trinajstić information content (AvgIpc) is 2.81. The van der Waals surface area contributed by atoms with Crippen LogP contribution in [-0.4, -0.2) is 42.8 Å². The van der Waals surface area contributed by atoms with Gasteiger partial charge < -0.3 is 20.9 Å². The predicted octanol–water partition coefficient (Wildman–Crippen LogP) is 0.357. The highest BCUT2D eigenvalue weighted by atomic mass is 16.5. The van der Waals surface area contributed by atoms with Crippen LogP contribution in [0.1, 0.15) is 32.6 Å². The normalized spacial score (nSPS) is 37.6. The molecule has 114 valence electrons. The Kier molecular flexibility index (Phi) is 4.65. The number of nitrogens with one attached hydrogen (secondary N) is 1. The molecule has 1 saturated carbocycles. The zero-order valence-corrected chi connectivity index (χ0v) is 11.9. The molecule has 0 bridgehead atoms. The van der Waals surface area contributed by atoms with E-state index in [4.69, 9.17) is 10.5 Å². The van der Waals surface area contributed by atoms with Crippen molar-refractivity contribution in [3.63, 3.8) is 0 Å². The maximum Gasteiger partial charge on any atom is 0.313 e. The summed E-state index contributed by atoms with van der Waals surface area (Å²) in [5.41, 5.74) is 4.62. The minimum Gasteiger partial charge on any atom is -0.481 e. The lowest BCUT2D eigenvalue weighted by Gasteiger charge is -2.30. The van der Waals surface area contributed by atoms with Crippen molar-refractivity contribution in [2.75, 3.05) is 19.8 Å². The molecule has 2 rings (SSSR count). The molecular formula is C14H24N2O4. The summed E-state index contributed by atoms with van der Waals surface area (Å²) in [5, 5.41) is 12.2. The minimum atomic E-state index is -1.02. The van der Waals surface area contributed by atoms with E-state index in [1.165, 1.54) is 0 Å². The van der Waals surface area contributed by atoms with Gasteiger partial charge in [0.2, 0.25) is 5.91 Å². The van der Waals surface area contributed by atoms with E-state index in [0.717, 1.165) is 25.7 Å². The highest BCUT2D eigenvalue weighted by molar-refractivity contribution is 5.81. The van der Waals surface area contributed by atoms with Gasteiger partial charge in [-0.15, -0.1) is 0 Å². The molecule has 4 N–H and O–H groups in total. The summed E-state index contributed by atoms with van der Waals surface area (Å²) in [5.74, 6) is -0.454. The van der Waals surface area contributed by atoms with Crippen molar-refractivity contribution < 1.29 is 19.4 Å². The molecule has 1 heterocycles. The molecular weight excluding hydrogens is 260 g/mol. The van der Waals surface area contributed by atoms with Crippen LogP contribution in [0.25, 0.3) is 0 Å². The number of aliphatic carboxylic acids is 1. The summed E-state index contributed by atoms with van der Waals surface area (Å²) < 4.78 is 5.24. The van der Waals surface area contributed by atoms with Crippen LogP contribution in [0.4, 0.5) is 0 Å². The summed E-state index contributed by atoms with van der Waals surface area (Å²) in [7, 11) is 0. The first-order valence-corrected chi connectivity index (χ1v) is 7.29. The molecule has 6 nitrogen and oxygen atoms in total. The van der Waals surface area contributed by atoms with Crippen molar-refractivity contribution in [1.82, 2.24) is 5.32 Å². The molecule has 1 amide bonds. The third-order valence-electron chi connectivity index (χ3n) is 4.81. The van der Waals surface area contributed by atoms with E-state index in [-0.39, 0.29) is 25.0 Å². The first-order chi connectivity index (χ1) is 9.47. The fraction of sp³-hybridized carbons (Fsp3) is 0.857. The van der Waals surface area contributed by atoms with Crippen LogP contribution >= 0.6 is 0 Å². The molecule has 2 aliphatic rings. The summed E-state index contributed by atoms with van der Waals surface area (Å²) in [6.07, 6.45) is 3.63. The Labute approximate surface area is 119 Å². The maximum absolute atomic E-state index is 12.3. The van der Waals surface area contributed by atoms with Gasteiger partial charge in [0, 0.05) is 5.92 Å². The van der Waals surface area contributed by atoms with Gasteiger partial charge in [0.15, 0.2) is 0 Å². The summed E-state index contributed by atoms with van der Waals surface area (Å²) in [6, 6.07) is -0.445. The standard InChI is InChI=1S/C14H24N2O4/c1-14(13(18)19)8-20-7-11(14)16-12(17)10-4-2-9(6-15)3-5-10/h9-11H,2-8,15H2,1H3,(H,16,17)(H,18,19). The van der Waals surface area contributed by atoms with E-state index in [1.807, 2.05) is 0 Å². The molecule has 0 aromatic heterocycles. The molecule has 1 aliphatic carbocycles. The van der Waals surface area contributed by atoms with Crippen LogP contribution in [-0.2, 0) is 14.3 Å². The Balaban J connectivity index is 1.90. The number of nitrogens with two attached hydrogens (primary N) is 1. The lowest BCUT2D eigenvalue weighted by atomic mass is 9.80. The van der Waals surface area contributed by atoms with Crippen LogP contribution in [0.5, 0.6) is 0 Å². The summed E-state index contributed by atoms with van der Waals surface area (Å²) in [4.78, 5) is 23.6. The van der Waals surface area contributed by atoms with Crippen LogP contribution in [0.2, 0.25) is 0 Å². The maximum atomic E-state index is 12.3. The van der Waals surface area contributed by atoms with Gasteiger partial charge in [0.1, 0.15) is 5.41 Å². The van der Waals surface area contributed by atoms with E-state index in [0.29, 0.717) is 12.5 Å². The molecule has 6 heteroatoms. The molecule has 0 aromatic carbocycles. The fourth-order valence-corrected chi connectivity index (χ4v) is 3.03. The molecule has 2 unspecified atom stereocenters. The van der Waals surface area contributed by atoms with Gasteiger partial charge in [0.05, 0.1) is 19.3 Å². The van der Waals surface area contributed by atoms with Crippen LogP contribution < -0.4 is 11.1 Å². The molecule has 2 atom stereocenters. The van der Waals surface area contributed by atoms with Crippen molar-refractivity contribution in [2.24, 2.45) is 23.0 Å². The Bertz CT molecular complexity index is 379. The SMILES string of the molecule is CC1(C(=O)O)COCC1NC(=O)C1CCC(CN)CC1. The largest absolute Gasteiger partial charge is 0.481 e. The number of ether oxygens (including phenoxy) is 1. The quantitative estimate of drug-likeness (QED) is 0.691. The molecule has 0 aromatic rings. The number of rotatable bonds is 4. The molecule has 1 saturated heterocycles. The highest BCUT2D eigenvalue weighted by Crippen LogP contribution is 2.31. The van der Waals surface area contributed by atoms with Crippen LogP contribution in [0.15, 0.2) is 0 Å². The number of carboxylic acid groups (broad SMARTS) is 1. The van der Waals surface area contributed by atoms with Crippen molar-refractivity contribution >= 4 is 11.9 Å². The monoisotopic (exact) mass is 284 g/mol.